The van der Waals surface area contributed by atoms with Gasteiger partial charge >= 0.3 is 5.69 Å². The maximum absolute atomic E-state index is 12.8. The van der Waals surface area contributed by atoms with E-state index in [2.05, 4.69) is 0 Å². The number of hydrogen-bond acceptors (Lipinski definition) is 5. The monoisotopic (exact) mass is 387 g/mol. The quantitative estimate of drug-likeness (QED) is 0.758. The number of aromatic nitrogens is 2. The Balaban J connectivity index is 1.73. The molecule has 0 spiro atoms. The van der Waals surface area contributed by atoms with Gasteiger partial charge in [0.05, 0.1) is 14.2 Å². The van der Waals surface area contributed by atoms with Crippen LogP contribution in [0.1, 0.15) is 22.5 Å². The molecule has 0 aliphatic carbocycles. The average Bonchev–Trinajstić information content (AvgIpc) is 3.16. The lowest BCUT2D eigenvalue weighted by Gasteiger charge is -2.18. The summed E-state index contributed by atoms with van der Waals surface area (Å²) in [6.07, 6.45) is 1.67. The van der Waals surface area contributed by atoms with Crippen LogP contribution in [0.25, 0.3) is 0 Å². The van der Waals surface area contributed by atoms with Gasteiger partial charge in [-0.1, -0.05) is 6.07 Å². The van der Waals surface area contributed by atoms with Gasteiger partial charge in [0.2, 0.25) is 0 Å². The highest BCUT2D eigenvalue weighted by molar-refractivity contribution is 5.92. The first kappa shape index (κ1) is 19.7. The fraction of sp³-hybridized carbons (Fsp3) is 0.450. The van der Waals surface area contributed by atoms with E-state index < -0.39 is 11.2 Å². The molecule has 0 radical (unpaired) electrons. The Bertz CT molecular complexity index is 1010. The lowest BCUT2D eigenvalue weighted by Crippen LogP contribution is -2.42. The van der Waals surface area contributed by atoms with E-state index in [9.17, 15) is 14.4 Å². The van der Waals surface area contributed by atoms with Crippen LogP contribution >= 0.6 is 0 Å². The summed E-state index contributed by atoms with van der Waals surface area (Å²) in [5, 5.41) is 0. The predicted octanol–water partition coefficient (Wildman–Crippen LogP) is 0.806. The van der Waals surface area contributed by atoms with Crippen LogP contribution in [0.15, 0.2) is 33.9 Å². The van der Waals surface area contributed by atoms with Gasteiger partial charge in [0.25, 0.3) is 11.5 Å². The lowest BCUT2D eigenvalue weighted by molar-refractivity contribution is 0.0775. The zero-order valence-electron chi connectivity index (χ0n) is 16.6. The molecule has 0 N–H and O–H groups in total. The highest BCUT2D eigenvalue weighted by atomic mass is 16.5. The van der Waals surface area contributed by atoms with Crippen molar-refractivity contribution < 1.29 is 14.3 Å². The van der Waals surface area contributed by atoms with Crippen LogP contribution < -0.4 is 20.7 Å². The van der Waals surface area contributed by atoms with Gasteiger partial charge in [0.15, 0.2) is 11.5 Å². The van der Waals surface area contributed by atoms with Crippen LogP contribution in [-0.4, -0.2) is 47.3 Å². The SMILES string of the molecule is COc1ccc(CC2CCN(C(=O)c3cc(=O)n(C)c(=O)n3C)C2)cc1OC. The average molecular weight is 387 g/mol. The highest BCUT2D eigenvalue weighted by Gasteiger charge is 2.29. The Morgan fingerprint density at radius 1 is 1.07 bits per heavy atom. The topological polar surface area (TPSA) is 82.8 Å². The van der Waals surface area contributed by atoms with E-state index in [1.807, 2.05) is 18.2 Å². The summed E-state index contributed by atoms with van der Waals surface area (Å²) < 4.78 is 12.8. The summed E-state index contributed by atoms with van der Waals surface area (Å²) >= 11 is 0. The number of benzene rings is 1. The minimum atomic E-state index is -0.503. The van der Waals surface area contributed by atoms with Gasteiger partial charge in [-0.25, -0.2) is 4.79 Å². The molecule has 8 heteroatoms. The summed E-state index contributed by atoms with van der Waals surface area (Å²) in [4.78, 5) is 38.5. The number of hydrogen-bond donors (Lipinski definition) is 0. The Labute approximate surface area is 162 Å². The minimum Gasteiger partial charge on any atom is -0.493 e. The molecule has 1 amide bonds. The normalized spacial score (nSPS) is 16.3. The first-order valence-electron chi connectivity index (χ1n) is 9.13. The van der Waals surface area contributed by atoms with E-state index in [-0.39, 0.29) is 11.6 Å². The van der Waals surface area contributed by atoms with Crippen LogP contribution in [0, 0.1) is 5.92 Å². The van der Waals surface area contributed by atoms with Crippen LogP contribution in [0.5, 0.6) is 11.5 Å². The molecule has 1 aromatic carbocycles. The van der Waals surface area contributed by atoms with Gasteiger partial charge in [-0.05, 0) is 36.5 Å². The fourth-order valence-corrected chi connectivity index (χ4v) is 3.62. The number of likely N-dealkylation sites (tertiary alicyclic amines) is 1. The van der Waals surface area contributed by atoms with Crippen molar-refractivity contribution in [2.75, 3.05) is 27.3 Å². The lowest BCUT2D eigenvalue weighted by atomic mass is 9.98. The zero-order chi connectivity index (χ0) is 20.4. The number of methoxy groups -OCH3 is 2. The molecule has 1 fully saturated rings. The number of rotatable bonds is 5. The second-order valence-corrected chi connectivity index (χ2v) is 7.07. The third-order valence-corrected chi connectivity index (χ3v) is 5.29. The second kappa shape index (κ2) is 7.92. The van der Waals surface area contributed by atoms with Crippen LogP contribution in [0.2, 0.25) is 0 Å². The molecule has 1 aliphatic heterocycles. The summed E-state index contributed by atoms with van der Waals surface area (Å²) in [5.41, 5.74) is 0.252. The van der Waals surface area contributed by atoms with Crippen molar-refractivity contribution in [2.45, 2.75) is 12.8 Å². The third-order valence-electron chi connectivity index (χ3n) is 5.29. The van der Waals surface area contributed by atoms with E-state index in [1.54, 1.807) is 19.1 Å². The standard InChI is InChI=1S/C20H25N3O5/c1-21-15(11-18(24)22(2)20(21)26)19(25)23-8-7-14(12-23)9-13-5-6-16(27-3)17(10-13)28-4/h5-6,10-11,14H,7-9,12H2,1-4H3. The number of amides is 1. The third kappa shape index (κ3) is 3.67. The van der Waals surface area contributed by atoms with Crippen molar-refractivity contribution >= 4 is 5.91 Å². The first-order chi connectivity index (χ1) is 13.3. The van der Waals surface area contributed by atoms with E-state index >= 15 is 0 Å². The number of nitrogens with zero attached hydrogens (tertiary/aromatic N) is 3. The van der Waals surface area contributed by atoms with Crippen LogP contribution in [-0.2, 0) is 20.5 Å². The Morgan fingerprint density at radius 2 is 1.79 bits per heavy atom. The Morgan fingerprint density at radius 3 is 2.46 bits per heavy atom. The maximum Gasteiger partial charge on any atom is 0.331 e. The molecule has 1 saturated heterocycles. The van der Waals surface area contributed by atoms with E-state index in [0.29, 0.717) is 30.5 Å². The summed E-state index contributed by atoms with van der Waals surface area (Å²) in [5.74, 6) is 1.37. The minimum absolute atomic E-state index is 0.125. The number of carbonyl (C=O) groups is 1. The molecule has 150 valence electrons. The van der Waals surface area contributed by atoms with Gasteiger partial charge in [-0.2, -0.15) is 0 Å². The molecular formula is C20H25N3O5. The molecular weight excluding hydrogens is 362 g/mol. The van der Waals surface area contributed by atoms with Crippen molar-refractivity contribution in [1.29, 1.82) is 0 Å². The van der Waals surface area contributed by atoms with Gasteiger partial charge in [0, 0.05) is 33.3 Å². The van der Waals surface area contributed by atoms with Crippen LogP contribution in [0.4, 0.5) is 0 Å². The maximum atomic E-state index is 12.8. The molecule has 8 nitrogen and oxygen atoms in total. The second-order valence-electron chi connectivity index (χ2n) is 7.07. The molecule has 28 heavy (non-hydrogen) atoms. The fourth-order valence-electron chi connectivity index (χ4n) is 3.62. The molecule has 2 heterocycles. The zero-order valence-corrected chi connectivity index (χ0v) is 16.6. The first-order valence-corrected chi connectivity index (χ1v) is 9.13. The van der Waals surface area contributed by atoms with E-state index in [1.165, 1.54) is 24.7 Å². The summed E-state index contributed by atoms with van der Waals surface area (Å²) in [6, 6.07) is 7.05. The van der Waals surface area contributed by atoms with Gasteiger partial charge in [0.1, 0.15) is 5.69 Å². The molecule has 0 bridgehead atoms. The predicted molar refractivity (Wildman–Crippen MR) is 104 cm³/mol. The van der Waals surface area contributed by atoms with Crippen molar-refractivity contribution in [3.63, 3.8) is 0 Å². The Kier molecular flexibility index (Phi) is 5.58. The molecule has 1 aromatic heterocycles. The van der Waals surface area contributed by atoms with Gasteiger partial charge in [-0.3, -0.25) is 18.7 Å². The molecule has 1 aliphatic rings. The van der Waals surface area contributed by atoms with Crippen molar-refractivity contribution in [3.8, 4) is 11.5 Å². The van der Waals surface area contributed by atoms with Crippen LogP contribution in [0.3, 0.4) is 0 Å². The Hall–Kier alpha value is -3.03. The number of carbonyl (C=O) groups excluding carboxylic acids is 1. The molecule has 0 saturated carbocycles. The summed E-state index contributed by atoms with van der Waals surface area (Å²) in [6.45, 7) is 1.18. The summed E-state index contributed by atoms with van der Waals surface area (Å²) in [7, 11) is 6.11. The smallest absolute Gasteiger partial charge is 0.331 e. The molecule has 1 unspecified atom stereocenters. The van der Waals surface area contributed by atoms with Gasteiger partial charge < -0.3 is 14.4 Å². The molecule has 3 rings (SSSR count). The molecule has 2 aromatic rings. The van der Waals surface area contributed by atoms with Gasteiger partial charge in [-0.15, -0.1) is 0 Å². The van der Waals surface area contributed by atoms with Crippen molar-refractivity contribution in [1.82, 2.24) is 14.0 Å². The van der Waals surface area contributed by atoms with E-state index in [4.69, 9.17) is 9.47 Å². The van der Waals surface area contributed by atoms with Crippen molar-refractivity contribution in [2.24, 2.45) is 20.0 Å². The number of ether oxygens (including phenoxy) is 2. The molecule has 1 atom stereocenters. The largest absolute Gasteiger partial charge is 0.493 e. The van der Waals surface area contributed by atoms with Crippen molar-refractivity contribution in [3.05, 3.63) is 56.4 Å². The highest BCUT2D eigenvalue weighted by Crippen LogP contribution is 2.30. The van der Waals surface area contributed by atoms with E-state index in [0.717, 1.165) is 23.0 Å².